The van der Waals surface area contributed by atoms with Gasteiger partial charge in [-0.1, -0.05) is 43.7 Å². The molecular weight excluding hydrogens is 260 g/mol. The van der Waals surface area contributed by atoms with Gasteiger partial charge in [0.2, 0.25) is 5.91 Å². The summed E-state index contributed by atoms with van der Waals surface area (Å²) in [5, 5.41) is 0. The van der Waals surface area contributed by atoms with Gasteiger partial charge in [0.25, 0.3) is 0 Å². The van der Waals surface area contributed by atoms with Crippen LogP contribution in [0.15, 0.2) is 30.3 Å². The van der Waals surface area contributed by atoms with E-state index in [0.717, 1.165) is 18.9 Å². The lowest BCUT2D eigenvalue weighted by Crippen LogP contribution is -2.32. The molecule has 1 saturated heterocycles. The predicted molar refractivity (Wildman–Crippen MR) is 84.9 cm³/mol. The van der Waals surface area contributed by atoms with Gasteiger partial charge < -0.3 is 10.6 Å². The number of amides is 1. The Morgan fingerprint density at radius 2 is 2.00 bits per heavy atom. The Labute approximate surface area is 127 Å². The summed E-state index contributed by atoms with van der Waals surface area (Å²) in [4.78, 5) is 14.5. The lowest BCUT2D eigenvalue weighted by atomic mass is 9.95. The normalized spacial score (nSPS) is 32.6. The Balaban J connectivity index is 1.59. The minimum absolute atomic E-state index is 0.0684. The molecule has 2 unspecified atom stereocenters. The molecule has 2 aliphatic rings. The molecule has 1 saturated carbocycles. The third-order valence-corrected chi connectivity index (χ3v) is 5.21. The second kappa shape index (κ2) is 6.18. The first kappa shape index (κ1) is 14.6. The summed E-state index contributed by atoms with van der Waals surface area (Å²) in [7, 11) is 0. The van der Waals surface area contributed by atoms with Crippen LogP contribution in [0.25, 0.3) is 0 Å². The van der Waals surface area contributed by atoms with Gasteiger partial charge >= 0.3 is 0 Å². The van der Waals surface area contributed by atoms with E-state index in [4.69, 9.17) is 5.73 Å². The summed E-state index contributed by atoms with van der Waals surface area (Å²) >= 11 is 0. The van der Waals surface area contributed by atoms with Crippen LogP contribution in [0.4, 0.5) is 0 Å². The van der Waals surface area contributed by atoms with Crippen LogP contribution in [0.3, 0.4) is 0 Å². The molecular formula is C18H26N2O. The number of nitrogens with zero attached hydrogens (tertiary/aromatic N) is 1. The molecule has 0 aromatic heterocycles. The number of carbonyl (C=O) groups excluding carboxylic acids is 1. The fraction of sp³-hybridized carbons (Fsp3) is 0.611. The molecule has 3 rings (SSSR count). The smallest absolute Gasteiger partial charge is 0.222 e. The van der Waals surface area contributed by atoms with Crippen LogP contribution in [-0.4, -0.2) is 29.9 Å². The van der Waals surface area contributed by atoms with E-state index in [1.54, 1.807) is 0 Å². The van der Waals surface area contributed by atoms with Crippen molar-refractivity contribution in [1.29, 1.82) is 0 Å². The van der Waals surface area contributed by atoms with Crippen molar-refractivity contribution in [2.45, 2.75) is 44.6 Å². The number of carbonyl (C=O) groups is 1. The molecule has 0 spiro atoms. The average Bonchev–Trinajstić information content (AvgIpc) is 3.06. The maximum Gasteiger partial charge on any atom is 0.222 e. The van der Waals surface area contributed by atoms with E-state index in [-0.39, 0.29) is 12.0 Å². The molecule has 1 aromatic carbocycles. The Hall–Kier alpha value is -1.35. The van der Waals surface area contributed by atoms with E-state index in [2.05, 4.69) is 19.1 Å². The standard InChI is InChI=1S/C18H26N2O/c1-13-7-8-14(9-13)10-18(21)20-11-16(17(19)12-20)15-5-3-2-4-6-15/h2-6,13-14,16-17H,7-12,19H2,1H3/t13?,14?,16-,17+/m0/s1. The number of rotatable bonds is 3. The molecule has 3 heteroatoms. The van der Waals surface area contributed by atoms with Crippen molar-refractivity contribution in [3.63, 3.8) is 0 Å². The highest BCUT2D eigenvalue weighted by Crippen LogP contribution is 2.34. The largest absolute Gasteiger partial charge is 0.340 e. The van der Waals surface area contributed by atoms with Crippen molar-refractivity contribution >= 4 is 5.91 Å². The second-order valence-electron chi connectivity index (χ2n) is 6.97. The topological polar surface area (TPSA) is 46.3 Å². The van der Waals surface area contributed by atoms with Gasteiger partial charge in [-0.15, -0.1) is 0 Å². The van der Waals surface area contributed by atoms with Gasteiger partial charge in [-0.3, -0.25) is 4.79 Å². The molecule has 0 radical (unpaired) electrons. The molecule has 2 fully saturated rings. The number of hydrogen-bond donors (Lipinski definition) is 1. The van der Waals surface area contributed by atoms with Crippen LogP contribution >= 0.6 is 0 Å². The molecule has 21 heavy (non-hydrogen) atoms. The van der Waals surface area contributed by atoms with Crippen molar-refractivity contribution in [3.05, 3.63) is 35.9 Å². The molecule has 2 N–H and O–H groups in total. The van der Waals surface area contributed by atoms with Crippen LogP contribution < -0.4 is 5.73 Å². The van der Waals surface area contributed by atoms with Crippen LogP contribution in [0.1, 0.15) is 44.1 Å². The van der Waals surface area contributed by atoms with E-state index in [1.807, 2.05) is 23.1 Å². The Bertz CT molecular complexity index is 487. The fourth-order valence-electron chi connectivity index (χ4n) is 3.97. The first-order chi connectivity index (χ1) is 10.1. The number of hydrogen-bond acceptors (Lipinski definition) is 2. The zero-order valence-electron chi connectivity index (χ0n) is 12.9. The zero-order chi connectivity index (χ0) is 14.8. The van der Waals surface area contributed by atoms with Crippen LogP contribution in [0.5, 0.6) is 0 Å². The summed E-state index contributed by atoms with van der Waals surface area (Å²) in [5.74, 6) is 1.99. The number of nitrogens with two attached hydrogens (primary N) is 1. The van der Waals surface area contributed by atoms with Crippen molar-refractivity contribution in [3.8, 4) is 0 Å². The summed E-state index contributed by atoms with van der Waals surface area (Å²) in [6, 6.07) is 10.4. The molecule has 1 heterocycles. The van der Waals surface area contributed by atoms with Crippen molar-refractivity contribution in [2.75, 3.05) is 13.1 Å². The van der Waals surface area contributed by atoms with Gasteiger partial charge in [0.1, 0.15) is 0 Å². The molecule has 1 aliphatic heterocycles. The molecule has 114 valence electrons. The van der Waals surface area contributed by atoms with Crippen molar-refractivity contribution in [1.82, 2.24) is 4.90 Å². The lowest BCUT2D eigenvalue weighted by Gasteiger charge is -2.19. The SMILES string of the molecule is CC1CCC(CC(=O)N2C[C@@H](N)[C@H](c3ccccc3)C2)C1. The van der Waals surface area contributed by atoms with E-state index in [1.165, 1.54) is 24.8 Å². The van der Waals surface area contributed by atoms with E-state index >= 15 is 0 Å². The van der Waals surface area contributed by atoms with Gasteiger partial charge in [-0.2, -0.15) is 0 Å². The maximum absolute atomic E-state index is 12.5. The van der Waals surface area contributed by atoms with E-state index in [0.29, 0.717) is 18.4 Å². The first-order valence-corrected chi connectivity index (χ1v) is 8.21. The zero-order valence-corrected chi connectivity index (χ0v) is 12.9. The average molecular weight is 286 g/mol. The van der Waals surface area contributed by atoms with Gasteiger partial charge in [0.15, 0.2) is 0 Å². The first-order valence-electron chi connectivity index (χ1n) is 8.21. The second-order valence-corrected chi connectivity index (χ2v) is 6.97. The van der Waals surface area contributed by atoms with Crippen LogP contribution in [-0.2, 0) is 4.79 Å². The summed E-state index contributed by atoms with van der Waals surface area (Å²) in [6.45, 7) is 3.79. The minimum atomic E-state index is 0.0684. The molecule has 1 aromatic rings. The van der Waals surface area contributed by atoms with E-state index in [9.17, 15) is 4.79 Å². The van der Waals surface area contributed by atoms with Gasteiger partial charge in [0.05, 0.1) is 0 Å². The Morgan fingerprint density at radius 1 is 1.24 bits per heavy atom. The Kier molecular flexibility index (Phi) is 4.29. The van der Waals surface area contributed by atoms with Gasteiger partial charge in [-0.05, 0) is 30.2 Å². The predicted octanol–water partition coefficient (Wildman–Crippen LogP) is 2.77. The highest BCUT2D eigenvalue weighted by atomic mass is 16.2. The molecule has 1 amide bonds. The third kappa shape index (κ3) is 3.29. The van der Waals surface area contributed by atoms with Crippen LogP contribution in [0.2, 0.25) is 0 Å². The van der Waals surface area contributed by atoms with Gasteiger partial charge in [0, 0.05) is 31.5 Å². The molecule has 0 bridgehead atoms. The molecule has 3 nitrogen and oxygen atoms in total. The molecule has 4 atom stereocenters. The third-order valence-electron chi connectivity index (χ3n) is 5.21. The van der Waals surface area contributed by atoms with Crippen molar-refractivity contribution < 1.29 is 4.79 Å². The summed E-state index contributed by atoms with van der Waals surface area (Å²) in [6.07, 6.45) is 4.44. The van der Waals surface area contributed by atoms with E-state index < -0.39 is 0 Å². The van der Waals surface area contributed by atoms with Crippen molar-refractivity contribution in [2.24, 2.45) is 17.6 Å². The monoisotopic (exact) mass is 286 g/mol. The minimum Gasteiger partial charge on any atom is -0.340 e. The summed E-state index contributed by atoms with van der Waals surface area (Å²) in [5.41, 5.74) is 7.53. The Morgan fingerprint density at radius 3 is 2.67 bits per heavy atom. The van der Waals surface area contributed by atoms with Gasteiger partial charge in [-0.25, -0.2) is 0 Å². The summed E-state index contributed by atoms with van der Waals surface area (Å²) < 4.78 is 0. The maximum atomic E-state index is 12.5. The number of benzene rings is 1. The highest BCUT2D eigenvalue weighted by molar-refractivity contribution is 5.77. The van der Waals surface area contributed by atoms with Crippen LogP contribution in [0, 0.1) is 11.8 Å². The lowest BCUT2D eigenvalue weighted by molar-refractivity contribution is -0.131. The fourth-order valence-corrected chi connectivity index (χ4v) is 3.97. The highest BCUT2D eigenvalue weighted by Gasteiger charge is 2.35. The molecule has 1 aliphatic carbocycles. The quantitative estimate of drug-likeness (QED) is 0.928. The number of likely N-dealkylation sites (tertiary alicyclic amines) is 1.